The second-order valence-electron chi connectivity index (χ2n) is 3.79. The van der Waals surface area contributed by atoms with Crippen LogP contribution in [0.3, 0.4) is 0 Å². The zero-order valence-corrected chi connectivity index (χ0v) is 9.50. The molecule has 4 nitrogen and oxygen atoms in total. The number of anilines is 1. The number of esters is 1. The van der Waals surface area contributed by atoms with Crippen LogP contribution in [0.1, 0.15) is 6.92 Å². The Morgan fingerprint density at radius 3 is 2.81 bits per heavy atom. The first-order valence-electron chi connectivity index (χ1n) is 4.96. The van der Waals surface area contributed by atoms with Crippen molar-refractivity contribution in [3.05, 3.63) is 24.4 Å². The standard InChI is InChI=1S/C12H13N2O2/c1-8(15)16-12-6-9-4-5-13-10(9)7-11(12)14(2)3/h5-7,13H,1-3H3. The molecule has 0 saturated carbocycles. The maximum Gasteiger partial charge on any atom is 0.308 e. The highest BCUT2D eigenvalue weighted by molar-refractivity contribution is 5.87. The summed E-state index contributed by atoms with van der Waals surface area (Å²) in [6, 6.07) is 6.78. The molecule has 0 saturated heterocycles. The number of ether oxygens (including phenoxy) is 1. The highest BCUT2D eigenvalue weighted by atomic mass is 16.5. The molecule has 1 heterocycles. The molecule has 2 rings (SSSR count). The van der Waals surface area contributed by atoms with Crippen LogP contribution in [-0.2, 0) is 4.79 Å². The summed E-state index contributed by atoms with van der Waals surface area (Å²) in [6.07, 6.45) is 1.74. The van der Waals surface area contributed by atoms with E-state index in [1.807, 2.05) is 31.1 Å². The van der Waals surface area contributed by atoms with Gasteiger partial charge in [0.05, 0.1) is 5.69 Å². The Kier molecular flexibility index (Phi) is 2.56. The summed E-state index contributed by atoms with van der Waals surface area (Å²) in [7, 11) is 3.81. The van der Waals surface area contributed by atoms with Crippen molar-refractivity contribution in [3.8, 4) is 5.75 Å². The van der Waals surface area contributed by atoms with Crippen LogP contribution < -0.4 is 9.64 Å². The number of H-pyrrole nitrogens is 1. The lowest BCUT2D eigenvalue weighted by molar-refractivity contribution is -0.131. The lowest BCUT2D eigenvalue weighted by Crippen LogP contribution is -2.12. The number of aromatic nitrogens is 1. The van der Waals surface area contributed by atoms with Gasteiger partial charge in [0, 0.05) is 44.2 Å². The molecule has 0 atom stereocenters. The van der Waals surface area contributed by atoms with Gasteiger partial charge in [-0.2, -0.15) is 0 Å². The maximum absolute atomic E-state index is 11.0. The Morgan fingerprint density at radius 2 is 2.19 bits per heavy atom. The van der Waals surface area contributed by atoms with Crippen LogP contribution >= 0.6 is 0 Å². The van der Waals surface area contributed by atoms with E-state index in [0.29, 0.717) is 5.75 Å². The van der Waals surface area contributed by atoms with Crippen LogP contribution in [0.5, 0.6) is 5.75 Å². The number of carbonyl (C=O) groups is 1. The van der Waals surface area contributed by atoms with Crippen LogP contribution in [0.4, 0.5) is 5.69 Å². The minimum absolute atomic E-state index is 0.321. The van der Waals surface area contributed by atoms with Crippen LogP contribution in [-0.4, -0.2) is 25.0 Å². The molecule has 1 aromatic heterocycles. The van der Waals surface area contributed by atoms with E-state index in [2.05, 4.69) is 11.1 Å². The third kappa shape index (κ3) is 1.86. The first kappa shape index (κ1) is 10.5. The summed E-state index contributed by atoms with van der Waals surface area (Å²) >= 11 is 0. The van der Waals surface area contributed by atoms with Gasteiger partial charge in [-0.05, 0) is 12.1 Å². The molecule has 2 aromatic rings. The highest BCUT2D eigenvalue weighted by Crippen LogP contribution is 2.31. The number of hydrogen-bond acceptors (Lipinski definition) is 3. The van der Waals surface area contributed by atoms with Crippen LogP contribution in [0.15, 0.2) is 18.3 Å². The van der Waals surface area contributed by atoms with Crippen molar-refractivity contribution in [1.82, 2.24) is 4.98 Å². The van der Waals surface area contributed by atoms with Crippen molar-refractivity contribution in [2.45, 2.75) is 6.92 Å². The topological polar surface area (TPSA) is 45.3 Å². The number of nitrogens with one attached hydrogen (secondary N) is 1. The molecule has 1 aromatic carbocycles. The van der Waals surface area contributed by atoms with E-state index < -0.39 is 0 Å². The van der Waals surface area contributed by atoms with Crippen molar-refractivity contribution >= 4 is 22.6 Å². The molecule has 1 N–H and O–H groups in total. The minimum Gasteiger partial charge on any atom is -0.424 e. The Morgan fingerprint density at radius 1 is 1.44 bits per heavy atom. The SMILES string of the molecule is CC(=O)Oc1cc2[c]c[nH]c2cc1N(C)C. The molecule has 0 aliphatic heterocycles. The summed E-state index contributed by atoms with van der Waals surface area (Å²) in [5.41, 5.74) is 1.83. The third-order valence-corrected chi connectivity index (χ3v) is 2.29. The summed E-state index contributed by atoms with van der Waals surface area (Å²) in [6.45, 7) is 1.39. The van der Waals surface area contributed by atoms with E-state index in [9.17, 15) is 4.79 Å². The molecular weight excluding hydrogens is 204 g/mol. The van der Waals surface area contributed by atoms with E-state index >= 15 is 0 Å². The monoisotopic (exact) mass is 217 g/mol. The fraction of sp³-hybridized carbons (Fsp3) is 0.250. The summed E-state index contributed by atoms with van der Waals surface area (Å²) in [5.74, 6) is 0.235. The zero-order chi connectivity index (χ0) is 11.7. The summed E-state index contributed by atoms with van der Waals surface area (Å²) < 4.78 is 5.17. The lowest BCUT2D eigenvalue weighted by atomic mass is 10.2. The number of benzene rings is 1. The van der Waals surface area contributed by atoms with Gasteiger partial charge in [0.2, 0.25) is 0 Å². The van der Waals surface area contributed by atoms with Gasteiger partial charge < -0.3 is 14.6 Å². The minimum atomic E-state index is -0.321. The average Bonchev–Trinajstić information content (AvgIpc) is 2.62. The molecule has 0 amide bonds. The third-order valence-electron chi connectivity index (χ3n) is 2.29. The van der Waals surface area contributed by atoms with Crippen LogP contribution in [0.25, 0.3) is 10.9 Å². The number of fused-ring (bicyclic) bond motifs is 1. The number of carbonyl (C=O) groups excluding carboxylic acids is 1. The van der Waals surface area contributed by atoms with Crippen molar-refractivity contribution in [1.29, 1.82) is 0 Å². The molecule has 0 spiro atoms. The van der Waals surface area contributed by atoms with Gasteiger partial charge in [0.15, 0.2) is 5.75 Å². The van der Waals surface area contributed by atoms with Crippen molar-refractivity contribution in [3.63, 3.8) is 0 Å². The van der Waals surface area contributed by atoms with E-state index in [1.165, 1.54) is 6.92 Å². The Labute approximate surface area is 93.8 Å². The molecular formula is C12H13N2O2. The van der Waals surface area contributed by atoms with E-state index in [4.69, 9.17) is 4.74 Å². The van der Waals surface area contributed by atoms with E-state index in [0.717, 1.165) is 16.6 Å². The van der Waals surface area contributed by atoms with Gasteiger partial charge in [0.25, 0.3) is 0 Å². The maximum atomic E-state index is 11.0. The number of aromatic amines is 1. The summed E-state index contributed by atoms with van der Waals surface area (Å²) in [5, 5.41) is 0.904. The van der Waals surface area contributed by atoms with Crippen molar-refractivity contribution in [2.75, 3.05) is 19.0 Å². The number of hydrogen-bond donors (Lipinski definition) is 1. The Bertz CT molecular complexity index is 529. The van der Waals surface area contributed by atoms with Gasteiger partial charge in [-0.1, -0.05) is 0 Å². The predicted molar refractivity (Wildman–Crippen MR) is 62.8 cm³/mol. The molecule has 4 heteroatoms. The van der Waals surface area contributed by atoms with E-state index in [-0.39, 0.29) is 5.97 Å². The fourth-order valence-electron chi connectivity index (χ4n) is 1.58. The highest BCUT2D eigenvalue weighted by Gasteiger charge is 2.10. The van der Waals surface area contributed by atoms with Crippen molar-refractivity contribution in [2.24, 2.45) is 0 Å². The molecule has 0 aliphatic carbocycles. The largest absolute Gasteiger partial charge is 0.424 e. The molecule has 1 radical (unpaired) electrons. The average molecular weight is 217 g/mol. The van der Waals surface area contributed by atoms with E-state index in [1.54, 1.807) is 6.20 Å². The molecule has 0 aliphatic rings. The quantitative estimate of drug-likeness (QED) is 0.617. The normalized spacial score (nSPS) is 10.4. The Balaban J connectivity index is 2.57. The van der Waals surface area contributed by atoms with Crippen LogP contribution in [0, 0.1) is 6.07 Å². The molecule has 83 valence electrons. The number of nitrogens with zero attached hydrogens (tertiary/aromatic N) is 1. The first-order valence-corrected chi connectivity index (χ1v) is 4.96. The first-order chi connectivity index (χ1) is 7.58. The van der Waals surface area contributed by atoms with Crippen molar-refractivity contribution < 1.29 is 9.53 Å². The molecule has 0 bridgehead atoms. The summed E-state index contributed by atoms with van der Waals surface area (Å²) in [4.78, 5) is 16.0. The second-order valence-corrected chi connectivity index (χ2v) is 3.79. The van der Waals surface area contributed by atoms with Gasteiger partial charge in [0.1, 0.15) is 0 Å². The predicted octanol–water partition coefficient (Wildman–Crippen LogP) is 1.96. The molecule has 0 fully saturated rings. The molecule has 0 unspecified atom stereocenters. The Hall–Kier alpha value is -1.97. The second kappa shape index (κ2) is 3.89. The fourth-order valence-corrected chi connectivity index (χ4v) is 1.58. The smallest absolute Gasteiger partial charge is 0.308 e. The van der Waals surface area contributed by atoms with Gasteiger partial charge in [-0.15, -0.1) is 0 Å². The van der Waals surface area contributed by atoms with Gasteiger partial charge >= 0.3 is 5.97 Å². The lowest BCUT2D eigenvalue weighted by Gasteiger charge is -2.16. The van der Waals surface area contributed by atoms with Crippen LogP contribution in [0.2, 0.25) is 0 Å². The zero-order valence-electron chi connectivity index (χ0n) is 9.50. The number of rotatable bonds is 2. The van der Waals surface area contributed by atoms with Gasteiger partial charge in [-0.25, -0.2) is 0 Å². The van der Waals surface area contributed by atoms with Gasteiger partial charge in [-0.3, -0.25) is 4.79 Å². The molecule has 16 heavy (non-hydrogen) atoms.